The first-order chi connectivity index (χ1) is 4.52. The Bertz CT molecular complexity index is 146. The summed E-state index contributed by atoms with van der Waals surface area (Å²) in [6.45, 7) is 0. The Kier molecular flexibility index (Phi) is 3.99. The summed E-state index contributed by atoms with van der Waals surface area (Å²) in [5, 5.41) is 7.98. The van der Waals surface area contributed by atoms with Crippen LogP contribution in [0.1, 0.15) is 6.42 Å². The molecule has 54 valence electrons. The van der Waals surface area contributed by atoms with Gasteiger partial charge in [0.05, 0.1) is 0 Å². The van der Waals surface area contributed by atoms with Crippen molar-refractivity contribution in [1.82, 2.24) is 0 Å². The Morgan fingerprint density at radius 1 is 1.60 bits per heavy atom. The Labute approximate surface area is 59.3 Å². The molecule has 0 spiro atoms. The molecule has 0 heterocycles. The number of aliphatic carboxylic acids is 1. The van der Waals surface area contributed by atoms with E-state index in [4.69, 9.17) is 17.6 Å². The van der Waals surface area contributed by atoms with E-state index < -0.39 is 26.6 Å². The molecule has 0 aliphatic rings. The number of carboxylic acids is 1. The molecule has 0 aromatic heterocycles. The standard InChI is InChI=1S/C3H5BO5P/c4-10(8)9-3(7)1-2(5)6/h8,10H,1H2,(H,5,6)/q+1. The highest BCUT2D eigenvalue weighted by atomic mass is 31.2. The highest BCUT2D eigenvalue weighted by Crippen LogP contribution is 2.23. The lowest BCUT2D eigenvalue weighted by molar-refractivity contribution is -0.145. The average molecular weight is 163 g/mol. The Morgan fingerprint density at radius 2 is 2.10 bits per heavy atom. The molecule has 0 saturated heterocycles. The zero-order valence-corrected chi connectivity index (χ0v) is 5.90. The molecule has 0 saturated carbocycles. The maximum atomic E-state index is 10.2. The third-order valence-electron chi connectivity index (χ3n) is 0.514. The van der Waals surface area contributed by atoms with Crippen LogP contribution in [0.2, 0.25) is 0 Å². The average Bonchev–Trinajstić information content (AvgIpc) is 1.58. The third-order valence-corrected chi connectivity index (χ3v) is 0.951. The van der Waals surface area contributed by atoms with Gasteiger partial charge in [-0.25, -0.2) is 9.69 Å². The van der Waals surface area contributed by atoms with Crippen molar-refractivity contribution in [1.29, 1.82) is 0 Å². The summed E-state index contributed by atoms with van der Waals surface area (Å²) < 4.78 is 3.98. The van der Waals surface area contributed by atoms with E-state index in [1.54, 1.807) is 0 Å². The molecule has 1 atom stereocenters. The summed E-state index contributed by atoms with van der Waals surface area (Å²) in [5.74, 6) is -2.33. The second-order valence-electron chi connectivity index (χ2n) is 1.38. The molecule has 0 rings (SSSR count). The fraction of sp³-hybridized carbons (Fsp3) is 0.333. The monoisotopic (exact) mass is 163 g/mol. The second kappa shape index (κ2) is 4.25. The lowest BCUT2D eigenvalue weighted by Gasteiger charge is -1.94. The van der Waals surface area contributed by atoms with E-state index >= 15 is 0 Å². The number of hydrogen-bond donors (Lipinski definition) is 2. The number of carbonyl (C=O) groups excluding carboxylic acids is 1. The van der Waals surface area contributed by atoms with Gasteiger partial charge < -0.3 is 9.63 Å². The summed E-state index contributed by atoms with van der Waals surface area (Å²) in [6.07, 6.45) is -0.772. The minimum absolute atomic E-state index is 0.772. The molecule has 0 amide bonds. The van der Waals surface area contributed by atoms with Crippen molar-refractivity contribution in [2.45, 2.75) is 6.42 Å². The van der Waals surface area contributed by atoms with Crippen LogP contribution in [-0.4, -0.2) is 29.5 Å². The van der Waals surface area contributed by atoms with Crippen molar-refractivity contribution in [3.63, 3.8) is 0 Å². The van der Waals surface area contributed by atoms with Crippen LogP contribution in [0.4, 0.5) is 0 Å². The van der Waals surface area contributed by atoms with Crippen LogP contribution in [0, 0.1) is 0 Å². The molecule has 0 aromatic rings. The van der Waals surface area contributed by atoms with Crippen molar-refractivity contribution in [2.24, 2.45) is 0 Å². The van der Waals surface area contributed by atoms with Gasteiger partial charge in [0.15, 0.2) is 0 Å². The lowest BCUT2D eigenvalue weighted by Crippen LogP contribution is -2.07. The zero-order chi connectivity index (χ0) is 8.15. The van der Waals surface area contributed by atoms with E-state index in [9.17, 15) is 9.59 Å². The van der Waals surface area contributed by atoms with Gasteiger partial charge in [0.2, 0.25) is 8.25 Å². The fourth-order valence-electron chi connectivity index (χ4n) is 0.276. The van der Waals surface area contributed by atoms with Crippen LogP contribution in [0.3, 0.4) is 0 Å². The summed E-state index contributed by atoms with van der Waals surface area (Å²) >= 11 is 0. The van der Waals surface area contributed by atoms with Crippen LogP contribution in [0.15, 0.2) is 0 Å². The van der Waals surface area contributed by atoms with Gasteiger partial charge in [0, 0.05) is 0 Å². The Balaban J connectivity index is 3.54. The number of hydrogen-bond acceptors (Lipinski definition) is 4. The van der Waals surface area contributed by atoms with Gasteiger partial charge in [-0.2, -0.15) is 0 Å². The van der Waals surface area contributed by atoms with Crippen LogP contribution < -0.4 is 0 Å². The summed E-state index contributed by atoms with van der Waals surface area (Å²) in [4.78, 5) is 28.3. The Hall–Kier alpha value is -0.605. The largest absolute Gasteiger partial charge is 0.481 e. The first-order valence-corrected chi connectivity index (χ1v) is 3.69. The molecule has 1 unspecified atom stereocenters. The molecule has 10 heavy (non-hydrogen) atoms. The highest BCUT2D eigenvalue weighted by Gasteiger charge is 2.16. The van der Waals surface area contributed by atoms with E-state index in [0.717, 1.165) is 0 Å². The SMILES string of the molecule is [B][PH+](O)OC(=O)CC(=O)O. The number of carboxylic acid groups (broad SMARTS) is 1. The van der Waals surface area contributed by atoms with Crippen molar-refractivity contribution in [3.8, 4) is 0 Å². The molecule has 0 aliphatic carbocycles. The lowest BCUT2D eigenvalue weighted by atomic mass is 10.5. The van der Waals surface area contributed by atoms with Gasteiger partial charge in [0.25, 0.3) is 0 Å². The molecule has 0 aromatic carbocycles. The van der Waals surface area contributed by atoms with Gasteiger partial charge in [-0.05, 0) is 0 Å². The highest BCUT2D eigenvalue weighted by molar-refractivity contribution is 7.73. The van der Waals surface area contributed by atoms with Crippen LogP contribution >= 0.6 is 8.25 Å². The topological polar surface area (TPSA) is 83.8 Å². The third kappa shape index (κ3) is 5.53. The molecule has 0 fully saturated rings. The van der Waals surface area contributed by atoms with E-state index in [-0.39, 0.29) is 0 Å². The zero-order valence-electron chi connectivity index (χ0n) is 4.90. The van der Waals surface area contributed by atoms with Crippen molar-refractivity contribution >= 4 is 27.8 Å². The van der Waals surface area contributed by atoms with E-state index in [2.05, 4.69) is 4.52 Å². The first kappa shape index (κ1) is 9.39. The summed E-state index contributed by atoms with van der Waals surface area (Å²) in [7, 11) is 2.10. The molecule has 7 heteroatoms. The van der Waals surface area contributed by atoms with Gasteiger partial charge in [-0.1, -0.05) is 0 Å². The van der Waals surface area contributed by atoms with Crippen molar-refractivity contribution < 1.29 is 24.1 Å². The van der Waals surface area contributed by atoms with Gasteiger partial charge >= 0.3 is 19.5 Å². The molecule has 2 N–H and O–H groups in total. The normalized spacial score (nSPS) is 12.1. The maximum absolute atomic E-state index is 10.2. The molecule has 0 bridgehead atoms. The van der Waals surface area contributed by atoms with Gasteiger partial charge in [-0.3, -0.25) is 4.79 Å². The van der Waals surface area contributed by atoms with Crippen LogP contribution in [-0.2, 0) is 14.1 Å². The van der Waals surface area contributed by atoms with Crippen LogP contribution in [0.5, 0.6) is 0 Å². The van der Waals surface area contributed by atoms with E-state index in [1.807, 2.05) is 0 Å². The molecular formula is C3H5BO5P+. The van der Waals surface area contributed by atoms with Crippen molar-refractivity contribution in [3.05, 3.63) is 0 Å². The molecule has 0 aliphatic heterocycles. The molecule has 2 radical (unpaired) electrons. The fourth-order valence-corrected chi connectivity index (χ4v) is 0.582. The quantitative estimate of drug-likeness (QED) is 0.320. The van der Waals surface area contributed by atoms with E-state index in [0.29, 0.717) is 0 Å². The summed E-state index contributed by atoms with van der Waals surface area (Å²) in [5.41, 5.74) is 0. The first-order valence-electron chi connectivity index (χ1n) is 2.26. The molecular weight excluding hydrogens is 158 g/mol. The second-order valence-corrected chi connectivity index (χ2v) is 2.26. The number of rotatable bonds is 3. The molecule has 5 nitrogen and oxygen atoms in total. The number of carbonyl (C=O) groups is 2. The van der Waals surface area contributed by atoms with Crippen LogP contribution in [0.25, 0.3) is 0 Å². The predicted octanol–water partition coefficient (Wildman–Crippen LogP) is -0.876. The minimum Gasteiger partial charge on any atom is -0.481 e. The van der Waals surface area contributed by atoms with Gasteiger partial charge in [-0.15, -0.1) is 0 Å². The predicted molar refractivity (Wildman–Crippen MR) is 34.6 cm³/mol. The smallest absolute Gasteiger partial charge is 0.453 e. The minimum atomic E-state index is -2.59. The maximum Gasteiger partial charge on any atom is 0.453 e. The van der Waals surface area contributed by atoms with Gasteiger partial charge in [0.1, 0.15) is 6.42 Å². The summed E-state index contributed by atoms with van der Waals surface area (Å²) in [6, 6.07) is 0. The van der Waals surface area contributed by atoms with E-state index in [1.165, 1.54) is 0 Å². The van der Waals surface area contributed by atoms with Crippen molar-refractivity contribution in [2.75, 3.05) is 0 Å². The Morgan fingerprint density at radius 3 is 2.40 bits per heavy atom.